The van der Waals surface area contributed by atoms with E-state index in [9.17, 15) is 8.42 Å². The lowest BCUT2D eigenvalue weighted by Gasteiger charge is -2.31. The molecule has 134 valence electrons. The van der Waals surface area contributed by atoms with Crippen LogP contribution in [0.2, 0.25) is 0 Å². The normalized spacial score (nSPS) is 15.6. The summed E-state index contributed by atoms with van der Waals surface area (Å²) in [5, 5.41) is 0. The Morgan fingerprint density at radius 1 is 0.960 bits per heavy atom. The molecule has 0 aromatic heterocycles. The molecule has 0 unspecified atom stereocenters. The molecule has 0 bridgehead atoms. The van der Waals surface area contributed by atoms with Gasteiger partial charge in [-0.2, -0.15) is 4.31 Å². The molecule has 0 aliphatic carbocycles. The van der Waals surface area contributed by atoms with Crippen LogP contribution < -0.4 is 4.90 Å². The van der Waals surface area contributed by atoms with Crippen LogP contribution in [-0.4, -0.2) is 32.9 Å². The Morgan fingerprint density at radius 3 is 2.28 bits per heavy atom. The van der Waals surface area contributed by atoms with E-state index in [1.54, 1.807) is 19.2 Å². The van der Waals surface area contributed by atoms with Crippen LogP contribution >= 0.6 is 0 Å². The molecule has 0 saturated carbocycles. The number of anilines is 1. The number of benzene rings is 2. The minimum absolute atomic E-state index is 0.344. The summed E-state index contributed by atoms with van der Waals surface area (Å²) in [5.74, 6) is 0. The Balaban J connectivity index is 1.83. The van der Waals surface area contributed by atoms with Crippen LogP contribution in [0.4, 0.5) is 5.69 Å². The SMILES string of the molecule is Cc1ccc(S(=O)(=O)N(C)Cc2ccccc2N2CCCCC2)cc1. The van der Waals surface area contributed by atoms with E-state index in [1.807, 2.05) is 37.3 Å². The molecule has 4 nitrogen and oxygen atoms in total. The molecule has 1 fully saturated rings. The highest BCUT2D eigenvalue weighted by Gasteiger charge is 2.23. The van der Waals surface area contributed by atoms with E-state index in [4.69, 9.17) is 0 Å². The minimum atomic E-state index is -3.49. The molecule has 3 rings (SSSR count). The van der Waals surface area contributed by atoms with E-state index in [-0.39, 0.29) is 0 Å². The van der Waals surface area contributed by atoms with E-state index < -0.39 is 10.0 Å². The summed E-state index contributed by atoms with van der Waals surface area (Å²) < 4.78 is 27.1. The molecule has 0 amide bonds. The van der Waals surface area contributed by atoms with Gasteiger partial charge in [0.2, 0.25) is 10.0 Å². The average Bonchev–Trinajstić information content (AvgIpc) is 2.63. The summed E-state index contributed by atoms with van der Waals surface area (Å²) in [6.45, 7) is 4.43. The van der Waals surface area contributed by atoms with Gasteiger partial charge in [-0.3, -0.25) is 0 Å². The molecule has 0 spiro atoms. The molecule has 0 N–H and O–H groups in total. The molecular weight excluding hydrogens is 332 g/mol. The van der Waals surface area contributed by atoms with Gasteiger partial charge in [-0.25, -0.2) is 8.42 Å². The highest BCUT2D eigenvalue weighted by molar-refractivity contribution is 7.89. The second-order valence-electron chi connectivity index (χ2n) is 6.75. The van der Waals surface area contributed by atoms with Crippen LogP contribution in [0.25, 0.3) is 0 Å². The zero-order chi connectivity index (χ0) is 17.9. The fourth-order valence-electron chi connectivity index (χ4n) is 3.30. The molecule has 1 aliphatic heterocycles. The number of rotatable bonds is 5. The monoisotopic (exact) mass is 358 g/mol. The lowest BCUT2D eigenvalue weighted by Crippen LogP contribution is -2.32. The van der Waals surface area contributed by atoms with Crippen molar-refractivity contribution in [3.05, 3.63) is 59.7 Å². The highest BCUT2D eigenvalue weighted by Crippen LogP contribution is 2.26. The number of para-hydroxylation sites is 1. The van der Waals surface area contributed by atoms with Crippen LogP contribution in [0.5, 0.6) is 0 Å². The van der Waals surface area contributed by atoms with Crippen LogP contribution in [0, 0.1) is 6.92 Å². The molecule has 2 aromatic carbocycles. The first-order chi connectivity index (χ1) is 12.0. The van der Waals surface area contributed by atoms with Crippen molar-refractivity contribution in [2.75, 3.05) is 25.0 Å². The fraction of sp³-hybridized carbons (Fsp3) is 0.400. The van der Waals surface area contributed by atoms with E-state index >= 15 is 0 Å². The Bertz CT molecular complexity index is 810. The number of piperidine rings is 1. The summed E-state index contributed by atoms with van der Waals surface area (Å²) in [4.78, 5) is 2.72. The van der Waals surface area contributed by atoms with Crippen molar-refractivity contribution in [2.45, 2.75) is 37.6 Å². The van der Waals surface area contributed by atoms with Gasteiger partial charge in [0.25, 0.3) is 0 Å². The zero-order valence-corrected chi connectivity index (χ0v) is 15.8. The largest absolute Gasteiger partial charge is 0.371 e. The summed E-state index contributed by atoms with van der Waals surface area (Å²) >= 11 is 0. The number of hydrogen-bond acceptors (Lipinski definition) is 3. The smallest absolute Gasteiger partial charge is 0.243 e. The average molecular weight is 359 g/mol. The third-order valence-electron chi connectivity index (χ3n) is 4.81. The van der Waals surface area contributed by atoms with Gasteiger partial charge in [0, 0.05) is 32.4 Å². The van der Waals surface area contributed by atoms with Crippen molar-refractivity contribution >= 4 is 15.7 Å². The van der Waals surface area contributed by atoms with E-state index in [0.717, 1.165) is 29.9 Å². The summed E-state index contributed by atoms with van der Waals surface area (Å²) in [6.07, 6.45) is 3.68. The lowest BCUT2D eigenvalue weighted by atomic mass is 10.1. The maximum atomic E-state index is 12.8. The molecule has 25 heavy (non-hydrogen) atoms. The highest BCUT2D eigenvalue weighted by atomic mass is 32.2. The van der Waals surface area contributed by atoms with Crippen LogP contribution in [-0.2, 0) is 16.6 Å². The Labute approximate surface area is 151 Å². The number of sulfonamides is 1. The van der Waals surface area contributed by atoms with Crippen LogP contribution in [0.15, 0.2) is 53.4 Å². The quantitative estimate of drug-likeness (QED) is 0.816. The van der Waals surface area contributed by atoms with Crippen molar-refractivity contribution in [2.24, 2.45) is 0 Å². The minimum Gasteiger partial charge on any atom is -0.371 e. The van der Waals surface area contributed by atoms with Crippen molar-refractivity contribution < 1.29 is 8.42 Å². The van der Waals surface area contributed by atoms with Gasteiger partial charge in [0.05, 0.1) is 4.90 Å². The van der Waals surface area contributed by atoms with E-state index in [0.29, 0.717) is 11.4 Å². The molecule has 2 aromatic rings. The van der Waals surface area contributed by atoms with Crippen molar-refractivity contribution in [3.8, 4) is 0 Å². The topological polar surface area (TPSA) is 40.6 Å². The predicted octanol–water partition coefficient (Wildman–Crippen LogP) is 3.81. The number of aryl methyl sites for hydroxylation is 1. The first-order valence-corrected chi connectivity index (χ1v) is 10.3. The van der Waals surface area contributed by atoms with Crippen molar-refractivity contribution in [3.63, 3.8) is 0 Å². The molecular formula is C20H26N2O2S. The van der Waals surface area contributed by atoms with Gasteiger partial charge in [0.1, 0.15) is 0 Å². The second-order valence-corrected chi connectivity index (χ2v) is 8.80. The maximum absolute atomic E-state index is 12.8. The third-order valence-corrected chi connectivity index (χ3v) is 6.63. The number of hydrogen-bond donors (Lipinski definition) is 0. The Hall–Kier alpha value is -1.85. The summed E-state index contributed by atoms with van der Waals surface area (Å²) in [5.41, 5.74) is 3.27. The summed E-state index contributed by atoms with van der Waals surface area (Å²) in [6, 6.07) is 15.2. The molecule has 5 heteroatoms. The van der Waals surface area contributed by atoms with Gasteiger partial charge in [-0.15, -0.1) is 0 Å². The van der Waals surface area contributed by atoms with Gasteiger partial charge in [-0.05, 0) is 49.9 Å². The van der Waals surface area contributed by atoms with Gasteiger partial charge in [-0.1, -0.05) is 35.9 Å². The van der Waals surface area contributed by atoms with Gasteiger partial charge >= 0.3 is 0 Å². The van der Waals surface area contributed by atoms with Crippen molar-refractivity contribution in [1.82, 2.24) is 4.31 Å². The fourth-order valence-corrected chi connectivity index (χ4v) is 4.45. The third kappa shape index (κ3) is 4.05. The molecule has 1 aliphatic rings. The van der Waals surface area contributed by atoms with E-state index in [2.05, 4.69) is 11.0 Å². The zero-order valence-electron chi connectivity index (χ0n) is 15.0. The van der Waals surface area contributed by atoms with Gasteiger partial charge < -0.3 is 4.90 Å². The Morgan fingerprint density at radius 2 is 1.60 bits per heavy atom. The predicted molar refractivity (Wildman–Crippen MR) is 102 cm³/mol. The molecule has 1 saturated heterocycles. The van der Waals surface area contributed by atoms with Crippen molar-refractivity contribution in [1.29, 1.82) is 0 Å². The molecule has 1 heterocycles. The first kappa shape index (κ1) is 18.0. The molecule has 0 radical (unpaired) electrons. The van der Waals surface area contributed by atoms with Crippen LogP contribution in [0.3, 0.4) is 0 Å². The second kappa shape index (κ2) is 7.58. The maximum Gasteiger partial charge on any atom is 0.243 e. The lowest BCUT2D eigenvalue weighted by molar-refractivity contribution is 0.465. The standard InChI is InChI=1S/C20H26N2O2S/c1-17-10-12-19(13-11-17)25(23,24)21(2)16-18-8-4-5-9-20(18)22-14-6-3-7-15-22/h4-5,8-13H,3,6-7,14-16H2,1-2H3. The first-order valence-electron chi connectivity index (χ1n) is 8.84. The number of nitrogens with zero attached hydrogens (tertiary/aromatic N) is 2. The Kier molecular flexibility index (Phi) is 5.45. The van der Waals surface area contributed by atoms with Gasteiger partial charge in [0.15, 0.2) is 0 Å². The summed E-state index contributed by atoms with van der Waals surface area (Å²) in [7, 11) is -1.83. The van der Waals surface area contributed by atoms with E-state index in [1.165, 1.54) is 23.6 Å². The van der Waals surface area contributed by atoms with Crippen LogP contribution in [0.1, 0.15) is 30.4 Å². The molecule has 0 atom stereocenters.